The van der Waals surface area contributed by atoms with Gasteiger partial charge in [0.25, 0.3) is 5.91 Å². The maximum absolute atomic E-state index is 12.7. The lowest BCUT2D eigenvalue weighted by molar-refractivity contribution is 0.101. The predicted molar refractivity (Wildman–Crippen MR) is 114 cm³/mol. The van der Waals surface area contributed by atoms with E-state index in [0.717, 1.165) is 10.4 Å². The van der Waals surface area contributed by atoms with Crippen LogP contribution in [0, 0.1) is 0 Å². The molecule has 1 N–H and O–H groups in total. The van der Waals surface area contributed by atoms with Crippen LogP contribution in [0.3, 0.4) is 0 Å². The van der Waals surface area contributed by atoms with E-state index in [9.17, 15) is 9.59 Å². The lowest BCUT2D eigenvalue weighted by Crippen LogP contribution is -2.10. The summed E-state index contributed by atoms with van der Waals surface area (Å²) in [5.41, 5.74) is 2.06. The van der Waals surface area contributed by atoms with Crippen LogP contribution in [0.1, 0.15) is 27.0 Å². The number of ketones is 1. The van der Waals surface area contributed by atoms with Gasteiger partial charge in [-0.15, -0.1) is 11.3 Å². The Bertz CT molecular complexity index is 1030. The topological polar surface area (TPSA) is 73.9 Å². The molecule has 3 rings (SSSR count). The van der Waals surface area contributed by atoms with E-state index in [1.165, 1.54) is 39.6 Å². The smallest absolute Gasteiger partial charge is 0.265 e. The SMILES string of the molecule is COc1cc(NC(=O)c2ccc(-c3cccc(C(C)=O)c3)s2)cc(OC)c1OC. The monoisotopic (exact) mass is 411 g/mol. The van der Waals surface area contributed by atoms with Crippen LogP contribution in [0.5, 0.6) is 17.2 Å². The molecule has 1 amide bonds. The second-order valence-electron chi connectivity index (χ2n) is 6.17. The number of amides is 1. The van der Waals surface area contributed by atoms with Gasteiger partial charge >= 0.3 is 0 Å². The molecule has 1 heterocycles. The highest BCUT2D eigenvalue weighted by atomic mass is 32.1. The summed E-state index contributed by atoms with van der Waals surface area (Å²) >= 11 is 1.35. The van der Waals surface area contributed by atoms with Crippen molar-refractivity contribution in [3.63, 3.8) is 0 Å². The summed E-state index contributed by atoms with van der Waals surface area (Å²) in [6.45, 7) is 1.53. The Balaban J connectivity index is 1.84. The Labute approximate surface area is 173 Å². The van der Waals surface area contributed by atoms with Crippen molar-refractivity contribution in [2.45, 2.75) is 6.92 Å². The van der Waals surface area contributed by atoms with Gasteiger partial charge in [0, 0.05) is 28.3 Å². The third kappa shape index (κ3) is 4.41. The first-order chi connectivity index (χ1) is 14.0. The number of hydrogen-bond donors (Lipinski definition) is 1. The molecule has 0 radical (unpaired) electrons. The first-order valence-electron chi connectivity index (χ1n) is 8.79. The summed E-state index contributed by atoms with van der Waals surface area (Å²) in [5, 5.41) is 2.86. The minimum absolute atomic E-state index is 0.00349. The van der Waals surface area contributed by atoms with Crippen LogP contribution in [0.4, 0.5) is 5.69 Å². The van der Waals surface area contributed by atoms with Gasteiger partial charge < -0.3 is 19.5 Å². The number of anilines is 1. The molecular weight excluding hydrogens is 390 g/mol. The first-order valence-corrected chi connectivity index (χ1v) is 9.61. The fraction of sp³-hybridized carbons (Fsp3) is 0.182. The number of ether oxygens (including phenoxy) is 3. The summed E-state index contributed by atoms with van der Waals surface area (Å²) in [5.74, 6) is 1.11. The zero-order valence-corrected chi connectivity index (χ0v) is 17.4. The second-order valence-corrected chi connectivity index (χ2v) is 7.25. The number of nitrogens with one attached hydrogen (secondary N) is 1. The summed E-state index contributed by atoms with van der Waals surface area (Å²) in [4.78, 5) is 25.8. The van der Waals surface area contributed by atoms with Gasteiger partial charge in [0.1, 0.15) is 0 Å². The summed E-state index contributed by atoms with van der Waals surface area (Å²) in [7, 11) is 4.56. The van der Waals surface area contributed by atoms with E-state index in [1.807, 2.05) is 24.3 Å². The molecule has 0 spiro atoms. The normalized spacial score (nSPS) is 10.3. The molecular formula is C22H21NO5S. The van der Waals surface area contributed by atoms with Crippen LogP contribution in [0.2, 0.25) is 0 Å². The predicted octanol–water partition coefficient (Wildman–Crippen LogP) is 4.90. The van der Waals surface area contributed by atoms with Gasteiger partial charge in [-0.25, -0.2) is 0 Å². The molecule has 0 fully saturated rings. The molecule has 150 valence electrons. The van der Waals surface area contributed by atoms with E-state index >= 15 is 0 Å². The lowest BCUT2D eigenvalue weighted by atomic mass is 10.1. The first kappa shape index (κ1) is 20.4. The quantitative estimate of drug-likeness (QED) is 0.560. The maximum atomic E-state index is 12.7. The summed E-state index contributed by atoms with van der Waals surface area (Å²) < 4.78 is 15.9. The van der Waals surface area contributed by atoms with Crippen LogP contribution in [-0.4, -0.2) is 33.0 Å². The van der Waals surface area contributed by atoms with Gasteiger partial charge in [-0.05, 0) is 30.7 Å². The number of benzene rings is 2. The number of thiophene rings is 1. The van der Waals surface area contributed by atoms with Crippen molar-refractivity contribution < 1.29 is 23.8 Å². The standard InChI is InChI=1S/C22H21NO5S/c1-13(24)14-6-5-7-15(10-14)19-8-9-20(29-19)22(25)23-16-11-17(26-2)21(28-4)18(12-16)27-3/h5-12H,1-4H3,(H,23,25). The Morgan fingerprint density at radius 2 is 1.59 bits per heavy atom. The van der Waals surface area contributed by atoms with Crippen LogP contribution < -0.4 is 19.5 Å². The highest BCUT2D eigenvalue weighted by molar-refractivity contribution is 7.17. The molecule has 0 aliphatic heterocycles. The van der Waals surface area contributed by atoms with Crippen molar-refractivity contribution in [1.29, 1.82) is 0 Å². The van der Waals surface area contributed by atoms with Crippen molar-refractivity contribution in [2.75, 3.05) is 26.6 Å². The van der Waals surface area contributed by atoms with E-state index in [0.29, 0.717) is 33.4 Å². The van der Waals surface area contributed by atoms with Crippen molar-refractivity contribution in [2.24, 2.45) is 0 Å². The molecule has 0 atom stereocenters. The Kier molecular flexibility index (Phi) is 6.19. The fourth-order valence-corrected chi connectivity index (χ4v) is 3.75. The minimum Gasteiger partial charge on any atom is -0.493 e. The molecule has 3 aromatic rings. The molecule has 29 heavy (non-hydrogen) atoms. The van der Waals surface area contributed by atoms with Crippen molar-refractivity contribution >= 4 is 28.7 Å². The summed E-state index contributed by atoms with van der Waals surface area (Å²) in [6, 6.07) is 14.3. The number of carbonyl (C=O) groups is 2. The van der Waals surface area contributed by atoms with E-state index in [4.69, 9.17) is 14.2 Å². The highest BCUT2D eigenvalue weighted by Gasteiger charge is 2.16. The average molecular weight is 411 g/mol. The molecule has 0 bridgehead atoms. The van der Waals surface area contributed by atoms with E-state index in [2.05, 4.69) is 5.32 Å². The Morgan fingerprint density at radius 1 is 0.897 bits per heavy atom. The third-order valence-corrected chi connectivity index (χ3v) is 5.44. The minimum atomic E-state index is -0.252. The molecule has 0 aliphatic carbocycles. The van der Waals surface area contributed by atoms with Crippen molar-refractivity contribution in [1.82, 2.24) is 0 Å². The molecule has 1 aromatic heterocycles. The number of carbonyl (C=O) groups excluding carboxylic acids is 2. The Hall–Kier alpha value is -3.32. The third-order valence-electron chi connectivity index (χ3n) is 4.31. The van der Waals surface area contributed by atoms with Crippen molar-refractivity contribution in [3.05, 3.63) is 59.0 Å². The molecule has 0 saturated carbocycles. The fourth-order valence-electron chi connectivity index (χ4n) is 2.85. The van der Waals surface area contributed by atoms with Crippen LogP contribution in [0.15, 0.2) is 48.5 Å². The number of rotatable bonds is 7. The lowest BCUT2D eigenvalue weighted by Gasteiger charge is -2.14. The Morgan fingerprint density at radius 3 is 2.17 bits per heavy atom. The molecule has 0 unspecified atom stereocenters. The zero-order valence-electron chi connectivity index (χ0n) is 16.6. The molecule has 7 heteroatoms. The number of Topliss-reactive ketones (excluding diaryl/α,β-unsaturated/α-hetero) is 1. The molecule has 0 aliphatic rings. The number of methoxy groups -OCH3 is 3. The van der Waals surface area contributed by atoms with Gasteiger partial charge in [0.05, 0.1) is 26.2 Å². The second kappa shape index (κ2) is 8.79. The average Bonchev–Trinajstić information content (AvgIpc) is 3.23. The van der Waals surface area contributed by atoms with Crippen LogP contribution in [-0.2, 0) is 0 Å². The van der Waals surface area contributed by atoms with Crippen LogP contribution >= 0.6 is 11.3 Å². The van der Waals surface area contributed by atoms with Gasteiger partial charge in [-0.3, -0.25) is 9.59 Å². The van der Waals surface area contributed by atoms with Gasteiger partial charge in [0.15, 0.2) is 17.3 Å². The molecule has 2 aromatic carbocycles. The van der Waals surface area contributed by atoms with Gasteiger partial charge in [-0.2, -0.15) is 0 Å². The van der Waals surface area contributed by atoms with Crippen LogP contribution in [0.25, 0.3) is 10.4 Å². The van der Waals surface area contributed by atoms with E-state index in [1.54, 1.807) is 24.3 Å². The van der Waals surface area contributed by atoms with Gasteiger partial charge in [-0.1, -0.05) is 18.2 Å². The molecule has 6 nitrogen and oxygen atoms in total. The molecule has 0 saturated heterocycles. The van der Waals surface area contributed by atoms with E-state index in [-0.39, 0.29) is 11.7 Å². The van der Waals surface area contributed by atoms with Crippen molar-refractivity contribution in [3.8, 4) is 27.7 Å². The number of hydrogen-bond acceptors (Lipinski definition) is 6. The zero-order chi connectivity index (χ0) is 21.0. The summed E-state index contributed by atoms with van der Waals surface area (Å²) in [6.07, 6.45) is 0. The largest absolute Gasteiger partial charge is 0.493 e. The highest BCUT2D eigenvalue weighted by Crippen LogP contribution is 2.40. The maximum Gasteiger partial charge on any atom is 0.265 e. The van der Waals surface area contributed by atoms with Gasteiger partial charge in [0.2, 0.25) is 5.75 Å². The van der Waals surface area contributed by atoms with E-state index < -0.39 is 0 Å².